The maximum Gasteiger partial charge on any atom is 0.0728 e. The number of rotatable bonds is 3. The predicted octanol–water partition coefficient (Wildman–Crippen LogP) is 4.62. The Morgan fingerprint density at radius 2 is 2.04 bits per heavy atom. The lowest BCUT2D eigenvalue weighted by atomic mass is 9.85. The summed E-state index contributed by atoms with van der Waals surface area (Å²) in [5.41, 5.74) is 5.11. The molecule has 0 amide bonds. The Kier molecular flexibility index (Phi) is 4.06. The van der Waals surface area contributed by atoms with Crippen LogP contribution in [0.5, 0.6) is 0 Å². The second-order valence-corrected chi connectivity index (χ2v) is 7.99. The van der Waals surface area contributed by atoms with Gasteiger partial charge in [-0.15, -0.1) is 0 Å². The molecule has 1 aromatic heterocycles. The van der Waals surface area contributed by atoms with E-state index >= 15 is 0 Å². The average molecular weight is 352 g/mol. The zero-order valence-electron chi connectivity index (χ0n) is 14.7. The standard InChI is InChI=1S/C21H22ClN3/c1-14-3-4-16(7-15(14)2)12-25-13-19(17-8-18(22)11-24-10-17)20(9-23)21(25)5-6-21/h3-4,7-8,10-11,19-20H,5-6,12-13H2,1-2H3/t19-,20-/m0/s1. The lowest BCUT2D eigenvalue weighted by Gasteiger charge is -2.25. The fourth-order valence-electron chi connectivity index (χ4n) is 4.33. The fourth-order valence-corrected chi connectivity index (χ4v) is 4.52. The molecule has 128 valence electrons. The Morgan fingerprint density at radius 1 is 1.24 bits per heavy atom. The monoisotopic (exact) mass is 351 g/mol. The maximum atomic E-state index is 9.88. The molecule has 0 radical (unpaired) electrons. The number of nitrogens with zero attached hydrogens (tertiary/aromatic N) is 3. The van der Waals surface area contributed by atoms with Gasteiger partial charge in [0.1, 0.15) is 0 Å². The minimum Gasteiger partial charge on any atom is -0.291 e. The molecule has 1 saturated carbocycles. The summed E-state index contributed by atoms with van der Waals surface area (Å²) in [7, 11) is 0. The summed E-state index contributed by atoms with van der Waals surface area (Å²) >= 11 is 6.14. The van der Waals surface area contributed by atoms with Crippen LogP contribution < -0.4 is 0 Å². The van der Waals surface area contributed by atoms with Gasteiger partial charge >= 0.3 is 0 Å². The van der Waals surface area contributed by atoms with Crippen molar-refractivity contribution in [3.63, 3.8) is 0 Å². The largest absolute Gasteiger partial charge is 0.291 e. The molecule has 2 fully saturated rings. The molecule has 1 aliphatic carbocycles. The van der Waals surface area contributed by atoms with Crippen LogP contribution in [0.3, 0.4) is 0 Å². The first kappa shape index (κ1) is 16.6. The van der Waals surface area contributed by atoms with Crippen LogP contribution in [0.2, 0.25) is 5.02 Å². The first-order chi connectivity index (χ1) is 12.0. The molecule has 2 heterocycles. The van der Waals surface area contributed by atoms with E-state index in [1.807, 2.05) is 12.3 Å². The summed E-state index contributed by atoms with van der Waals surface area (Å²) in [6, 6.07) is 11.3. The van der Waals surface area contributed by atoms with Gasteiger partial charge in [-0.25, -0.2) is 0 Å². The van der Waals surface area contributed by atoms with Crippen LogP contribution >= 0.6 is 11.6 Å². The van der Waals surface area contributed by atoms with E-state index in [0.717, 1.165) is 31.5 Å². The highest BCUT2D eigenvalue weighted by molar-refractivity contribution is 6.30. The third-order valence-corrected chi connectivity index (χ3v) is 6.24. The van der Waals surface area contributed by atoms with Crippen LogP contribution in [0.4, 0.5) is 0 Å². The lowest BCUT2D eigenvalue weighted by molar-refractivity contribution is 0.211. The van der Waals surface area contributed by atoms with Gasteiger partial charge in [0.2, 0.25) is 0 Å². The summed E-state index contributed by atoms with van der Waals surface area (Å²) in [6.07, 6.45) is 5.75. The van der Waals surface area contributed by atoms with E-state index in [1.54, 1.807) is 6.20 Å². The molecule has 3 nitrogen and oxygen atoms in total. The second-order valence-electron chi connectivity index (χ2n) is 7.55. The van der Waals surface area contributed by atoms with Gasteiger partial charge in [-0.1, -0.05) is 29.8 Å². The molecule has 0 bridgehead atoms. The molecule has 1 saturated heterocycles. The normalized spacial score (nSPS) is 24.4. The van der Waals surface area contributed by atoms with Gasteiger partial charge in [-0.3, -0.25) is 9.88 Å². The van der Waals surface area contributed by atoms with E-state index < -0.39 is 0 Å². The van der Waals surface area contributed by atoms with E-state index in [-0.39, 0.29) is 17.4 Å². The molecule has 1 aromatic carbocycles. The number of aryl methyl sites for hydroxylation is 2. The predicted molar refractivity (Wildman–Crippen MR) is 99.4 cm³/mol. The zero-order valence-corrected chi connectivity index (χ0v) is 15.4. The van der Waals surface area contributed by atoms with Crippen molar-refractivity contribution in [3.05, 3.63) is 63.9 Å². The smallest absolute Gasteiger partial charge is 0.0728 e. The number of pyridine rings is 1. The summed E-state index contributed by atoms with van der Waals surface area (Å²) in [5.74, 6) is 0.199. The Morgan fingerprint density at radius 3 is 2.68 bits per heavy atom. The lowest BCUT2D eigenvalue weighted by Crippen LogP contribution is -2.34. The molecule has 4 heteroatoms. The first-order valence-corrected chi connectivity index (χ1v) is 9.22. The number of nitriles is 1. The Balaban J connectivity index is 1.63. The summed E-state index contributed by atoms with van der Waals surface area (Å²) < 4.78 is 0. The number of hydrogen-bond acceptors (Lipinski definition) is 3. The number of benzene rings is 1. The molecule has 25 heavy (non-hydrogen) atoms. The van der Waals surface area contributed by atoms with Gasteiger partial charge in [-0.05, 0) is 55.0 Å². The highest BCUT2D eigenvalue weighted by Gasteiger charge is 2.61. The van der Waals surface area contributed by atoms with Crippen LogP contribution in [0, 0.1) is 31.1 Å². The third kappa shape index (κ3) is 2.84. The van der Waals surface area contributed by atoms with E-state index in [1.165, 1.54) is 16.7 Å². The van der Waals surface area contributed by atoms with Crippen LogP contribution in [0.15, 0.2) is 36.7 Å². The molecule has 0 unspecified atom stereocenters. The summed E-state index contributed by atoms with van der Waals surface area (Å²) in [4.78, 5) is 6.76. The van der Waals surface area contributed by atoms with Crippen molar-refractivity contribution in [1.29, 1.82) is 5.26 Å². The molecule has 2 aromatic rings. The van der Waals surface area contributed by atoms with Gasteiger partial charge < -0.3 is 0 Å². The SMILES string of the molecule is Cc1ccc(CN2C[C@@H](c3cncc(Cl)c3)[C@H](C#N)C23CC3)cc1C. The van der Waals surface area contributed by atoms with E-state index in [9.17, 15) is 5.26 Å². The zero-order chi connectivity index (χ0) is 17.6. The Bertz CT molecular complexity index is 850. The molecule has 4 rings (SSSR count). The Labute approximate surface area is 154 Å². The third-order valence-electron chi connectivity index (χ3n) is 6.03. The van der Waals surface area contributed by atoms with Gasteiger partial charge in [0, 0.05) is 36.9 Å². The number of aromatic nitrogens is 1. The maximum absolute atomic E-state index is 9.88. The van der Waals surface area contributed by atoms with Crippen molar-refractivity contribution in [2.24, 2.45) is 5.92 Å². The molecular weight excluding hydrogens is 330 g/mol. The minimum atomic E-state index is 0.0133. The average Bonchev–Trinajstić information content (AvgIpc) is 3.32. The van der Waals surface area contributed by atoms with Gasteiger partial charge in [0.15, 0.2) is 0 Å². The molecule has 1 aliphatic heterocycles. The van der Waals surface area contributed by atoms with Gasteiger partial charge in [0.05, 0.1) is 17.0 Å². The molecular formula is C21H22ClN3. The van der Waals surface area contributed by atoms with E-state index in [4.69, 9.17) is 11.6 Å². The minimum absolute atomic E-state index is 0.0133. The van der Waals surface area contributed by atoms with Crippen LogP contribution in [0.1, 0.15) is 41.0 Å². The second kappa shape index (κ2) is 6.12. The van der Waals surface area contributed by atoms with E-state index in [2.05, 4.69) is 48.0 Å². The van der Waals surface area contributed by atoms with Crippen molar-refractivity contribution in [2.75, 3.05) is 6.54 Å². The van der Waals surface area contributed by atoms with E-state index in [0.29, 0.717) is 5.02 Å². The molecule has 2 aliphatic rings. The molecule has 2 atom stereocenters. The van der Waals surface area contributed by atoms with Crippen LogP contribution in [-0.2, 0) is 6.54 Å². The highest BCUT2D eigenvalue weighted by Crippen LogP contribution is 2.58. The van der Waals surface area contributed by atoms with Crippen molar-refractivity contribution < 1.29 is 0 Å². The topological polar surface area (TPSA) is 39.9 Å². The number of likely N-dealkylation sites (tertiary alicyclic amines) is 1. The van der Waals surface area contributed by atoms with Crippen molar-refractivity contribution in [3.8, 4) is 6.07 Å². The number of halogens is 1. The first-order valence-electron chi connectivity index (χ1n) is 8.85. The molecule has 1 spiro atoms. The van der Waals surface area contributed by atoms with Crippen molar-refractivity contribution >= 4 is 11.6 Å². The van der Waals surface area contributed by atoms with Crippen molar-refractivity contribution in [1.82, 2.24) is 9.88 Å². The number of hydrogen-bond donors (Lipinski definition) is 0. The fraction of sp³-hybridized carbons (Fsp3) is 0.429. The van der Waals surface area contributed by atoms with Crippen LogP contribution in [-0.4, -0.2) is 22.0 Å². The van der Waals surface area contributed by atoms with Crippen molar-refractivity contribution in [2.45, 2.75) is 44.7 Å². The highest BCUT2D eigenvalue weighted by atomic mass is 35.5. The quantitative estimate of drug-likeness (QED) is 0.809. The van der Waals surface area contributed by atoms with Crippen LogP contribution in [0.25, 0.3) is 0 Å². The Hall–Kier alpha value is -1.89. The van der Waals surface area contributed by atoms with Gasteiger partial charge in [0.25, 0.3) is 0 Å². The van der Waals surface area contributed by atoms with Gasteiger partial charge in [-0.2, -0.15) is 5.26 Å². The summed E-state index contributed by atoms with van der Waals surface area (Å²) in [6.45, 7) is 6.11. The summed E-state index contributed by atoms with van der Waals surface area (Å²) in [5, 5.41) is 10.5. The molecule has 0 N–H and O–H groups in total.